The number of nitro groups is 1. The summed E-state index contributed by atoms with van der Waals surface area (Å²) in [5, 5.41) is 11.2. The summed E-state index contributed by atoms with van der Waals surface area (Å²) in [6.07, 6.45) is 7.64. The van der Waals surface area contributed by atoms with Gasteiger partial charge in [-0.05, 0) is 23.8 Å². The fourth-order valence-corrected chi connectivity index (χ4v) is 1.89. The molecule has 2 aromatic rings. The molecule has 17 heavy (non-hydrogen) atoms. The second-order valence-electron chi connectivity index (χ2n) is 3.42. The smallest absolute Gasteiger partial charge is 0.234 e. The van der Waals surface area contributed by atoms with Gasteiger partial charge in [0.25, 0.3) is 0 Å². The summed E-state index contributed by atoms with van der Waals surface area (Å²) < 4.78 is 1.00. The highest BCUT2D eigenvalue weighted by molar-refractivity contribution is 9.10. The molecule has 0 fully saturated rings. The molecule has 5 heteroatoms. The molecule has 0 bridgehead atoms. The number of benzene rings is 1. The molecule has 86 valence electrons. The van der Waals surface area contributed by atoms with Crippen LogP contribution in [0.15, 0.2) is 47.2 Å². The third-order valence-electron chi connectivity index (χ3n) is 2.27. The quantitative estimate of drug-likeness (QED) is 0.532. The summed E-state index contributed by atoms with van der Waals surface area (Å²) in [4.78, 5) is 12.7. The molecule has 0 aliphatic carbocycles. The highest BCUT2D eigenvalue weighted by Gasteiger charge is 2.00. The predicted octanol–water partition coefficient (Wildman–Crippen LogP) is 3.73. The van der Waals surface area contributed by atoms with Gasteiger partial charge in [0.1, 0.15) is 0 Å². The topological polar surface area (TPSA) is 58.9 Å². The highest BCUT2D eigenvalue weighted by Crippen LogP contribution is 2.23. The van der Waals surface area contributed by atoms with Crippen molar-refractivity contribution in [2.45, 2.75) is 0 Å². The Bertz CT molecular complexity index is 614. The van der Waals surface area contributed by atoms with E-state index in [1.165, 1.54) is 6.08 Å². The molecule has 0 spiro atoms. The molecular formula is C12H9BrN2O2. The summed E-state index contributed by atoms with van der Waals surface area (Å²) in [7, 11) is 0. The van der Waals surface area contributed by atoms with E-state index in [-0.39, 0.29) is 0 Å². The second-order valence-corrected chi connectivity index (χ2v) is 4.34. The van der Waals surface area contributed by atoms with Crippen molar-refractivity contribution in [1.82, 2.24) is 4.98 Å². The van der Waals surface area contributed by atoms with Gasteiger partial charge in [-0.25, -0.2) is 0 Å². The van der Waals surface area contributed by atoms with Gasteiger partial charge in [-0.2, -0.15) is 0 Å². The first-order valence-electron chi connectivity index (χ1n) is 4.92. The minimum Gasteiger partial charge on any atom is -0.361 e. The zero-order chi connectivity index (χ0) is 12.3. The first-order valence-corrected chi connectivity index (χ1v) is 5.71. The Hall–Kier alpha value is -1.88. The van der Waals surface area contributed by atoms with Crippen molar-refractivity contribution in [3.8, 4) is 0 Å². The average Bonchev–Trinajstić information content (AvgIpc) is 2.67. The number of fused-ring (bicyclic) bond motifs is 1. The van der Waals surface area contributed by atoms with Crippen LogP contribution in [0.25, 0.3) is 17.0 Å². The van der Waals surface area contributed by atoms with E-state index in [0.29, 0.717) is 0 Å². The van der Waals surface area contributed by atoms with E-state index < -0.39 is 4.92 Å². The molecule has 0 aliphatic rings. The standard InChI is InChI=1S/C12H9BrN2O2/c13-10-4-5-12-11(7-10)9(8-14-12)3-1-2-6-15(16)17/h1-8,14H/b3-1+,6-2+. The third-order valence-corrected chi connectivity index (χ3v) is 2.76. The lowest BCUT2D eigenvalue weighted by Gasteiger charge is -1.92. The number of aromatic amines is 1. The maximum Gasteiger partial charge on any atom is 0.234 e. The maximum atomic E-state index is 10.1. The second kappa shape index (κ2) is 4.97. The Morgan fingerprint density at radius 3 is 2.94 bits per heavy atom. The Balaban J connectivity index is 2.30. The Kier molecular flexibility index (Phi) is 3.39. The SMILES string of the molecule is O=[N+]([O-])/C=C/C=C/c1c[nH]c2ccc(Br)cc12. The molecule has 1 heterocycles. The Labute approximate surface area is 106 Å². The van der Waals surface area contributed by atoms with Crippen LogP contribution in [-0.4, -0.2) is 9.91 Å². The third kappa shape index (κ3) is 2.82. The van der Waals surface area contributed by atoms with Crippen LogP contribution in [0, 0.1) is 10.1 Å². The molecule has 1 N–H and O–H groups in total. The zero-order valence-corrected chi connectivity index (χ0v) is 10.3. The van der Waals surface area contributed by atoms with Gasteiger partial charge in [-0.3, -0.25) is 10.1 Å². The van der Waals surface area contributed by atoms with Gasteiger partial charge in [-0.1, -0.05) is 28.1 Å². The molecular weight excluding hydrogens is 284 g/mol. The summed E-state index contributed by atoms with van der Waals surface area (Å²) in [5.41, 5.74) is 2.03. The monoisotopic (exact) mass is 292 g/mol. The first kappa shape index (κ1) is 11.6. The predicted molar refractivity (Wildman–Crippen MR) is 71.2 cm³/mol. The Morgan fingerprint density at radius 2 is 2.18 bits per heavy atom. The minimum absolute atomic E-state index is 0.490. The van der Waals surface area contributed by atoms with Crippen LogP contribution in [0.2, 0.25) is 0 Å². The average molecular weight is 293 g/mol. The van der Waals surface area contributed by atoms with Gasteiger partial charge in [0, 0.05) is 27.6 Å². The van der Waals surface area contributed by atoms with Crippen molar-refractivity contribution in [3.05, 3.63) is 62.9 Å². The number of halogens is 1. The zero-order valence-electron chi connectivity index (χ0n) is 8.76. The first-order chi connectivity index (χ1) is 8.16. The molecule has 2 rings (SSSR count). The van der Waals surface area contributed by atoms with Crippen LogP contribution in [0.4, 0.5) is 0 Å². The number of H-pyrrole nitrogens is 1. The molecule has 1 aromatic heterocycles. The van der Waals surface area contributed by atoms with Gasteiger partial charge >= 0.3 is 0 Å². The van der Waals surface area contributed by atoms with Crippen molar-refractivity contribution in [2.24, 2.45) is 0 Å². The lowest BCUT2D eigenvalue weighted by Crippen LogP contribution is -1.80. The van der Waals surface area contributed by atoms with E-state index in [0.717, 1.165) is 27.1 Å². The van der Waals surface area contributed by atoms with Crippen LogP contribution in [-0.2, 0) is 0 Å². The summed E-state index contributed by atoms with van der Waals surface area (Å²) in [6.45, 7) is 0. The summed E-state index contributed by atoms with van der Waals surface area (Å²) in [6, 6.07) is 5.94. The minimum atomic E-state index is -0.490. The molecule has 0 amide bonds. The van der Waals surface area contributed by atoms with E-state index in [1.807, 2.05) is 30.5 Å². The van der Waals surface area contributed by atoms with Crippen LogP contribution in [0.3, 0.4) is 0 Å². The van der Waals surface area contributed by atoms with E-state index in [4.69, 9.17) is 0 Å². The van der Waals surface area contributed by atoms with Crippen molar-refractivity contribution < 1.29 is 4.92 Å². The number of aromatic nitrogens is 1. The summed E-state index contributed by atoms with van der Waals surface area (Å²) in [5.74, 6) is 0. The van der Waals surface area contributed by atoms with Gasteiger partial charge in [-0.15, -0.1) is 0 Å². The Morgan fingerprint density at radius 1 is 1.35 bits per heavy atom. The fraction of sp³-hybridized carbons (Fsp3) is 0. The van der Waals surface area contributed by atoms with Crippen molar-refractivity contribution in [3.63, 3.8) is 0 Å². The van der Waals surface area contributed by atoms with Gasteiger partial charge < -0.3 is 4.98 Å². The van der Waals surface area contributed by atoms with Crippen LogP contribution >= 0.6 is 15.9 Å². The number of hydrogen-bond acceptors (Lipinski definition) is 2. The van der Waals surface area contributed by atoms with E-state index in [9.17, 15) is 10.1 Å². The lowest BCUT2D eigenvalue weighted by atomic mass is 10.1. The fourth-order valence-electron chi connectivity index (χ4n) is 1.53. The number of nitrogens with one attached hydrogen (secondary N) is 1. The van der Waals surface area contributed by atoms with Gasteiger partial charge in [0.05, 0.1) is 4.92 Å². The molecule has 0 saturated carbocycles. The maximum absolute atomic E-state index is 10.1. The van der Waals surface area contributed by atoms with Crippen LogP contribution < -0.4 is 0 Å². The van der Waals surface area contributed by atoms with Crippen molar-refractivity contribution >= 4 is 32.9 Å². The number of allylic oxidation sites excluding steroid dienone is 2. The molecule has 0 unspecified atom stereocenters. The summed E-state index contributed by atoms with van der Waals surface area (Å²) >= 11 is 3.41. The van der Waals surface area contributed by atoms with E-state index >= 15 is 0 Å². The van der Waals surface area contributed by atoms with Crippen LogP contribution in [0.1, 0.15) is 5.56 Å². The molecule has 0 aliphatic heterocycles. The number of rotatable bonds is 3. The van der Waals surface area contributed by atoms with Gasteiger partial charge in [0.2, 0.25) is 6.20 Å². The highest BCUT2D eigenvalue weighted by atomic mass is 79.9. The molecule has 4 nitrogen and oxygen atoms in total. The van der Waals surface area contributed by atoms with E-state index in [1.54, 1.807) is 6.08 Å². The largest absolute Gasteiger partial charge is 0.361 e. The van der Waals surface area contributed by atoms with Crippen molar-refractivity contribution in [1.29, 1.82) is 0 Å². The number of hydrogen-bond donors (Lipinski definition) is 1. The molecule has 0 saturated heterocycles. The van der Waals surface area contributed by atoms with Crippen LogP contribution in [0.5, 0.6) is 0 Å². The molecule has 1 aromatic carbocycles. The molecule has 0 atom stereocenters. The lowest BCUT2D eigenvalue weighted by molar-refractivity contribution is -0.402. The number of nitrogens with zero attached hydrogens (tertiary/aromatic N) is 1. The van der Waals surface area contributed by atoms with Gasteiger partial charge in [0.15, 0.2) is 0 Å². The normalized spacial score (nSPS) is 11.8. The van der Waals surface area contributed by atoms with Crippen molar-refractivity contribution in [2.75, 3.05) is 0 Å². The molecule has 0 radical (unpaired) electrons. The van der Waals surface area contributed by atoms with E-state index in [2.05, 4.69) is 20.9 Å².